The molecule has 1 aliphatic rings. The van der Waals surface area contributed by atoms with Crippen molar-refractivity contribution in [1.29, 1.82) is 0 Å². The van der Waals surface area contributed by atoms with Crippen LogP contribution in [0.1, 0.15) is 58.3 Å². The molecule has 0 radical (unpaired) electrons. The molecule has 1 aliphatic heterocycles. The van der Waals surface area contributed by atoms with Crippen molar-refractivity contribution in [1.82, 2.24) is 0 Å². The van der Waals surface area contributed by atoms with Crippen molar-refractivity contribution < 1.29 is 9.53 Å². The normalized spacial score (nSPS) is 18.4. The molecule has 0 N–H and O–H groups in total. The van der Waals surface area contributed by atoms with E-state index in [0.717, 1.165) is 19.3 Å². The summed E-state index contributed by atoms with van der Waals surface area (Å²) in [6.07, 6.45) is 20.3. The minimum absolute atomic E-state index is 0.0739. The van der Waals surface area contributed by atoms with Crippen molar-refractivity contribution in [2.75, 3.05) is 0 Å². The molecule has 0 aromatic rings. The molecule has 1 rings (SSSR count). The number of carbonyl (C=O) groups excluding carboxylic acids is 1. The van der Waals surface area contributed by atoms with Crippen LogP contribution in [0.5, 0.6) is 0 Å². The second-order valence-corrected chi connectivity index (χ2v) is 5.00. The number of cyclic esters (lactones) is 1. The molecule has 2 heteroatoms. The third kappa shape index (κ3) is 6.86. The molecule has 0 bridgehead atoms. The van der Waals surface area contributed by atoms with Gasteiger partial charge in [-0.05, 0) is 32.3 Å². The molecule has 1 unspecified atom stereocenters. The van der Waals surface area contributed by atoms with Crippen molar-refractivity contribution >= 4 is 5.97 Å². The van der Waals surface area contributed by atoms with Gasteiger partial charge in [-0.1, -0.05) is 37.8 Å². The molecule has 0 amide bonds. The SMILES string of the molecule is C#CCCCCCCCC/C=C/C1=CC(C)OC1=O. The highest BCUT2D eigenvalue weighted by Crippen LogP contribution is 2.15. The zero-order valence-electron chi connectivity index (χ0n) is 11.9. The van der Waals surface area contributed by atoms with E-state index in [1.54, 1.807) is 0 Å². The summed E-state index contributed by atoms with van der Waals surface area (Å²) in [5.74, 6) is 2.47. The van der Waals surface area contributed by atoms with E-state index in [0.29, 0.717) is 5.57 Å². The minimum atomic E-state index is -0.197. The van der Waals surface area contributed by atoms with Crippen molar-refractivity contribution in [3.8, 4) is 12.3 Å². The lowest BCUT2D eigenvalue weighted by molar-refractivity contribution is -0.138. The van der Waals surface area contributed by atoms with Crippen molar-refractivity contribution in [3.63, 3.8) is 0 Å². The quantitative estimate of drug-likeness (QED) is 0.353. The van der Waals surface area contributed by atoms with Gasteiger partial charge in [0.05, 0.1) is 5.57 Å². The summed E-state index contributed by atoms with van der Waals surface area (Å²) >= 11 is 0. The first-order valence-electron chi connectivity index (χ1n) is 7.27. The molecule has 0 aromatic heterocycles. The molecule has 0 fully saturated rings. The predicted octanol–water partition coefficient (Wildman–Crippen LogP) is 4.17. The van der Waals surface area contributed by atoms with Crippen LogP contribution in [0.25, 0.3) is 0 Å². The minimum Gasteiger partial charge on any atom is -0.455 e. The Bertz CT molecular complexity index is 371. The molecule has 2 nitrogen and oxygen atoms in total. The van der Waals surface area contributed by atoms with E-state index in [-0.39, 0.29) is 12.1 Å². The zero-order chi connectivity index (χ0) is 13.9. The zero-order valence-corrected chi connectivity index (χ0v) is 11.9. The first-order chi connectivity index (χ1) is 9.24. The highest BCUT2D eigenvalue weighted by Gasteiger charge is 2.19. The second kappa shape index (κ2) is 9.44. The summed E-state index contributed by atoms with van der Waals surface area (Å²) in [5.41, 5.74) is 0.696. The lowest BCUT2D eigenvalue weighted by atomic mass is 10.1. The molecule has 0 aromatic carbocycles. The van der Waals surface area contributed by atoms with Gasteiger partial charge in [-0.2, -0.15) is 0 Å². The van der Waals surface area contributed by atoms with Crippen LogP contribution in [0, 0.1) is 12.3 Å². The van der Waals surface area contributed by atoms with E-state index in [1.165, 1.54) is 32.1 Å². The number of unbranched alkanes of at least 4 members (excludes halogenated alkanes) is 7. The predicted molar refractivity (Wildman–Crippen MR) is 78.5 cm³/mol. The highest BCUT2D eigenvalue weighted by molar-refractivity contribution is 5.93. The topological polar surface area (TPSA) is 26.3 Å². The smallest absolute Gasteiger partial charge is 0.338 e. The number of carbonyl (C=O) groups is 1. The van der Waals surface area contributed by atoms with Gasteiger partial charge in [0, 0.05) is 6.42 Å². The summed E-state index contributed by atoms with van der Waals surface area (Å²) in [4.78, 5) is 11.3. The number of hydrogen-bond acceptors (Lipinski definition) is 2. The first-order valence-corrected chi connectivity index (χ1v) is 7.27. The Morgan fingerprint density at radius 1 is 1.26 bits per heavy atom. The molecule has 1 heterocycles. The molecular weight excluding hydrogens is 236 g/mol. The van der Waals surface area contributed by atoms with Crippen LogP contribution < -0.4 is 0 Å². The maximum atomic E-state index is 11.3. The van der Waals surface area contributed by atoms with Gasteiger partial charge in [0.15, 0.2) is 0 Å². The van der Waals surface area contributed by atoms with Crippen molar-refractivity contribution in [3.05, 3.63) is 23.8 Å². The summed E-state index contributed by atoms with van der Waals surface area (Å²) in [7, 11) is 0. The average Bonchev–Trinajstić information content (AvgIpc) is 2.70. The van der Waals surface area contributed by atoms with Crippen LogP contribution in [0.4, 0.5) is 0 Å². The Hall–Kier alpha value is -1.49. The fourth-order valence-electron chi connectivity index (χ4n) is 2.12. The highest BCUT2D eigenvalue weighted by atomic mass is 16.5. The van der Waals surface area contributed by atoms with E-state index in [1.807, 2.05) is 19.1 Å². The summed E-state index contributed by atoms with van der Waals surface area (Å²) in [5, 5.41) is 0. The first kappa shape index (κ1) is 15.6. The average molecular weight is 260 g/mol. The maximum Gasteiger partial charge on any atom is 0.338 e. The van der Waals surface area contributed by atoms with Gasteiger partial charge in [-0.15, -0.1) is 12.3 Å². The van der Waals surface area contributed by atoms with Crippen LogP contribution in [0.3, 0.4) is 0 Å². The van der Waals surface area contributed by atoms with Gasteiger partial charge in [-0.3, -0.25) is 0 Å². The van der Waals surface area contributed by atoms with Crippen LogP contribution in [0.15, 0.2) is 23.8 Å². The summed E-state index contributed by atoms with van der Waals surface area (Å²) in [6.45, 7) is 1.87. The lowest BCUT2D eigenvalue weighted by Crippen LogP contribution is -2.02. The van der Waals surface area contributed by atoms with Crippen LogP contribution >= 0.6 is 0 Å². The van der Waals surface area contributed by atoms with E-state index >= 15 is 0 Å². The Balaban J connectivity index is 1.98. The van der Waals surface area contributed by atoms with Gasteiger partial charge in [-0.25, -0.2) is 4.79 Å². The van der Waals surface area contributed by atoms with Crippen molar-refractivity contribution in [2.45, 2.75) is 64.4 Å². The van der Waals surface area contributed by atoms with Crippen LogP contribution in [-0.4, -0.2) is 12.1 Å². The molecule has 0 aliphatic carbocycles. The van der Waals surface area contributed by atoms with Gasteiger partial charge in [0.25, 0.3) is 0 Å². The number of hydrogen-bond donors (Lipinski definition) is 0. The number of rotatable bonds is 9. The van der Waals surface area contributed by atoms with E-state index in [2.05, 4.69) is 12.0 Å². The molecular formula is C17H24O2. The third-order valence-corrected chi connectivity index (χ3v) is 3.18. The second-order valence-electron chi connectivity index (χ2n) is 5.00. The Morgan fingerprint density at radius 3 is 2.58 bits per heavy atom. The summed E-state index contributed by atoms with van der Waals surface area (Å²) in [6, 6.07) is 0. The largest absolute Gasteiger partial charge is 0.455 e. The van der Waals surface area contributed by atoms with Crippen molar-refractivity contribution in [2.24, 2.45) is 0 Å². The number of esters is 1. The van der Waals surface area contributed by atoms with Gasteiger partial charge < -0.3 is 4.74 Å². The fourth-order valence-corrected chi connectivity index (χ4v) is 2.12. The number of allylic oxidation sites excluding steroid dienone is 1. The van der Waals surface area contributed by atoms with Crippen LogP contribution in [-0.2, 0) is 9.53 Å². The molecule has 104 valence electrons. The standard InChI is InChI=1S/C17H24O2/c1-3-4-5-6-7-8-9-10-11-12-13-16-14-15(2)19-17(16)18/h1,12-15H,4-11H2,2H3/b13-12+. The van der Waals surface area contributed by atoms with Crippen LogP contribution in [0.2, 0.25) is 0 Å². The fraction of sp³-hybridized carbons (Fsp3) is 0.588. The molecule has 19 heavy (non-hydrogen) atoms. The number of terminal acetylenes is 1. The molecule has 1 atom stereocenters. The molecule has 0 spiro atoms. The lowest BCUT2D eigenvalue weighted by Gasteiger charge is -1.98. The van der Waals surface area contributed by atoms with E-state index in [4.69, 9.17) is 11.2 Å². The molecule has 0 saturated heterocycles. The monoisotopic (exact) mass is 260 g/mol. The van der Waals surface area contributed by atoms with Gasteiger partial charge >= 0.3 is 5.97 Å². The molecule has 0 saturated carbocycles. The Labute approximate surface area is 116 Å². The van der Waals surface area contributed by atoms with E-state index < -0.39 is 0 Å². The number of ether oxygens (including phenoxy) is 1. The van der Waals surface area contributed by atoms with Gasteiger partial charge in [0.2, 0.25) is 0 Å². The van der Waals surface area contributed by atoms with Gasteiger partial charge in [0.1, 0.15) is 6.10 Å². The Morgan fingerprint density at radius 2 is 1.95 bits per heavy atom. The maximum absolute atomic E-state index is 11.3. The van der Waals surface area contributed by atoms with E-state index in [9.17, 15) is 4.79 Å². The third-order valence-electron chi connectivity index (χ3n) is 3.18. The summed E-state index contributed by atoms with van der Waals surface area (Å²) < 4.78 is 5.02. The Kier molecular flexibility index (Phi) is 7.74.